The van der Waals surface area contributed by atoms with Gasteiger partial charge in [-0.2, -0.15) is 0 Å². The van der Waals surface area contributed by atoms with E-state index in [9.17, 15) is 9.90 Å². The van der Waals surface area contributed by atoms with Crippen molar-refractivity contribution in [1.82, 2.24) is 9.88 Å². The van der Waals surface area contributed by atoms with Gasteiger partial charge in [-0.15, -0.1) is 0 Å². The van der Waals surface area contributed by atoms with Crippen molar-refractivity contribution in [1.29, 1.82) is 0 Å². The SMILES string of the molecule is COc1cccc(C(c2ccc(C)cn2)N2CCCCC2C(=O)O)c1. The lowest BCUT2D eigenvalue weighted by atomic mass is 9.94. The van der Waals surface area contributed by atoms with Crippen molar-refractivity contribution >= 4 is 5.97 Å². The number of aliphatic carboxylic acids is 1. The molecule has 1 aromatic heterocycles. The molecule has 132 valence electrons. The van der Waals surface area contributed by atoms with Crippen LogP contribution in [0.5, 0.6) is 5.75 Å². The molecule has 1 saturated heterocycles. The summed E-state index contributed by atoms with van der Waals surface area (Å²) < 4.78 is 5.37. The fourth-order valence-corrected chi connectivity index (χ4v) is 3.51. The number of benzene rings is 1. The molecule has 0 aliphatic carbocycles. The first-order valence-corrected chi connectivity index (χ1v) is 8.65. The van der Waals surface area contributed by atoms with Gasteiger partial charge in [-0.25, -0.2) is 0 Å². The number of aromatic nitrogens is 1. The summed E-state index contributed by atoms with van der Waals surface area (Å²) in [6, 6.07) is 11.2. The fourth-order valence-electron chi connectivity index (χ4n) is 3.51. The van der Waals surface area contributed by atoms with E-state index in [4.69, 9.17) is 4.74 Å². The second-order valence-corrected chi connectivity index (χ2v) is 6.53. The van der Waals surface area contributed by atoms with E-state index in [2.05, 4.69) is 9.88 Å². The van der Waals surface area contributed by atoms with Gasteiger partial charge in [-0.1, -0.05) is 24.6 Å². The third-order valence-corrected chi connectivity index (χ3v) is 4.78. The molecule has 2 heterocycles. The van der Waals surface area contributed by atoms with Gasteiger partial charge in [0.2, 0.25) is 0 Å². The molecule has 0 spiro atoms. The molecule has 2 aromatic rings. The minimum absolute atomic E-state index is 0.197. The summed E-state index contributed by atoms with van der Waals surface area (Å²) in [5, 5.41) is 9.71. The average molecular weight is 340 g/mol. The van der Waals surface area contributed by atoms with Crippen LogP contribution in [0.4, 0.5) is 0 Å². The zero-order valence-corrected chi connectivity index (χ0v) is 14.7. The number of carboxylic acids is 1. The molecule has 0 radical (unpaired) electrons. The van der Waals surface area contributed by atoms with Crippen LogP contribution in [0, 0.1) is 6.92 Å². The van der Waals surface area contributed by atoms with Gasteiger partial charge in [0.15, 0.2) is 0 Å². The molecule has 5 heteroatoms. The molecule has 1 aromatic carbocycles. The van der Waals surface area contributed by atoms with Crippen molar-refractivity contribution in [3.63, 3.8) is 0 Å². The van der Waals surface area contributed by atoms with Gasteiger partial charge in [0.1, 0.15) is 11.8 Å². The Kier molecular flexibility index (Phi) is 5.34. The lowest BCUT2D eigenvalue weighted by Gasteiger charge is -2.39. The number of likely N-dealkylation sites (tertiary alicyclic amines) is 1. The zero-order chi connectivity index (χ0) is 17.8. The van der Waals surface area contributed by atoms with E-state index in [1.807, 2.05) is 49.5 Å². The van der Waals surface area contributed by atoms with Gasteiger partial charge in [-0.05, 0) is 55.6 Å². The first-order chi connectivity index (χ1) is 12.1. The molecule has 1 N–H and O–H groups in total. The smallest absolute Gasteiger partial charge is 0.320 e. The molecule has 2 unspecified atom stereocenters. The maximum absolute atomic E-state index is 11.8. The zero-order valence-electron chi connectivity index (χ0n) is 14.7. The summed E-state index contributed by atoms with van der Waals surface area (Å²) in [7, 11) is 1.64. The molecule has 25 heavy (non-hydrogen) atoms. The monoisotopic (exact) mass is 340 g/mol. The maximum atomic E-state index is 11.8. The van der Waals surface area contributed by atoms with E-state index in [1.54, 1.807) is 7.11 Å². The molecule has 0 bridgehead atoms. The largest absolute Gasteiger partial charge is 0.497 e. The molecule has 0 saturated carbocycles. The van der Waals surface area contributed by atoms with E-state index in [0.717, 1.165) is 42.0 Å². The Balaban J connectivity index is 2.07. The predicted molar refractivity (Wildman–Crippen MR) is 95.8 cm³/mol. The predicted octanol–water partition coefficient (Wildman–Crippen LogP) is 3.43. The van der Waals surface area contributed by atoms with Crippen molar-refractivity contribution in [2.75, 3.05) is 13.7 Å². The summed E-state index contributed by atoms with van der Waals surface area (Å²) in [5.41, 5.74) is 2.96. The number of aryl methyl sites for hydroxylation is 1. The summed E-state index contributed by atoms with van der Waals surface area (Å²) in [6.07, 6.45) is 4.44. The van der Waals surface area contributed by atoms with Crippen molar-refractivity contribution in [3.8, 4) is 5.75 Å². The van der Waals surface area contributed by atoms with Crippen molar-refractivity contribution in [3.05, 3.63) is 59.4 Å². The van der Waals surface area contributed by atoms with Crippen molar-refractivity contribution in [2.45, 2.75) is 38.3 Å². The minimum atomic E-state index is -0.764. The van der Waals surface area contributed by atoms with E-state index in [0.29, 0.717) is 6.42 Å². The Labute approximate surface area is 148 Å². The van der Waals surface area contributed by atoms with Crippen LogP contribution < -0.4 is 4.74 Å². The highest BCUT2D eigenvalue weighted by molar-refractivity contribution is 5.73. The van der Waals surface area contributed by atoms with E-state index in [-0.39, 0.29) is 6.04 Å². The first kappa shape index (κ1) is 17.4. The van der Waals surface area contributed by atoms with Crippen LogP contribution in [0.25, 0.3) is 0 Å². The Morgan fingerprint density at radius 2 is 2.16 bits per heavy atom. The van der Waals surface area contributed by atoms with Gasteiger partial charge in [0.05, 0.1) is 18.8 Å². The lowest BCUT2D eigenvalue weighted by Crippen LogP contribution is -2.47. The molecular formula is C20H24N2O3. The lowest BCUT2D eigenvalue weighted by molar-refractivity contribution is -0.145. The van der Waals surface area contributed by atoms with Gasteiger partial charge >= 0.3 is 5.97 Å². The Hall–Kier alpha value is -2.40. The molecule has 1 aliphatic rings. The molecule has 3 rings (SSSR count). The average Bonchev–Trinajstić information content (AvgIpc) is 2.64. The van der Waals surface area contributed by atoms with E-state index >= 15 is 0 Å². The highest BCUT2D eigenvalue weighted by Gasteiger charge is 2.35. The summed E-state index contributed by atoms with van der Waals surface area (Å²) in [6.45, 7) is 2.74. The Bertz CT molecular complexity index is 730. The Morgan fingerprint density at radius 1 is 1.32 bits per heavy atom. The van der Waals surface area contributed by atoms with Gasteiger partial charge in [-0.3, -0.25) is 14.7 Å². The summed E-state index contributed by atoms with van der Waals surface area (Å²) in [5.74, 6) is -0.00166. The van der Waals surface area contributed by atoms with Crippen LogP contribution in [-0.2, 0) is 4.79 Å². The maximum Gasteiger partial charge on any atom is 0.320 e. The second kappa shape index (κ2) is 7.66. The second-order valence-electron chi connectivity index (χ2n) is 6.53. The number of ether oxygens (including phenoxy) is 1. The van der Waals surface area contributed by atoms with Gasteiger partial charge in [0, 0.05) is 6.20 Å². The number of methoxy groups -OCH3 is 1. The minimum Gasteiger partial charge on any atom is -0.497 e. The highest BCUT2D eigenvalue weighted by Crippen LogP contribution is 2.34. The number of nitrogens with zero attached hydrogens (tertiary/aromatic N) is 2. The van der Waals surface area contributed by atoms with Gasteiger partial charge in [0.25, 0.3) is 0 Å². The van der Waals surface area contributed by atoms with Crippen molar-refractivity contribution in [2.24, 2.45) is 0 Å². The molecule has 1 fully saturated rings. The van der Waals surface area contributed by atoms with Crippen molar-refractivity contribution < 1.29 is 14.6 Å². The summed E-state index contributed by atoms with van der Waals surface area (Å²) >= 11 is 0. The number of hydrogen-bond donors (Lipinski definition) is 1. The molecule has 1 aliphatic heterocycles. The number of piperidine rings is 1. The van der Waals surface area contributed by atoms with Crippen LogP contribution >= 0.6 is 0 Å². The quantitative estimate of drug-likeness (QED) is 0.903. The molecule has 0 amide bonds. The molecular weight excluding hydrogens is 316 g/mol. The van der Waals surface area contributed by atoms with Crippen LogP contribution in [0.2, 0.25) is 0 Å². The Morgan fingerprint density at radius 3 is 2.84 bits per heavy atom. The number of carbonyl (C=O) groups is 1. The molecule has 2 atom stereocenters. The number of pyridine rings is 1. The highest BCUT2D eigenvalue weighted by atomic mass is 16.5. The number of carboxylic acid groups (broad SMARTS) is 1. The van der Waals surface area contributed by atoms with Gasteiger partial charge < -0.3 is 9.84 Å². The third-order valence-electron chi connectivity index (χ3n) is 4.78. The van der Waals surface area contributed by atoms with Crippen LogP contribution in [0.1, 0.15) is 42.1 Å². The van der Waals surface area contributed by atoms with Crippen LogP contribution in [-0.4, -0.2) is 40.7 Å². The first-order valence-electron chi connectivity index (χ1n) is 8.65. The third kappa shape index (κ3) is 3.82. The standard InChI is InChI=1S/C20H24N2O3/c1-14-9-10-17(21-13-14)19(15-6-5-7-16(12-15)25-2)22-11-4-3-8-18(22)20(23)24/h5-7,9-10,12-13,18-19H,3-4,8,11H2,1-2H3,(H,23,24). The number of rotatable bonds is 5. The topological polar surface area (TPSA) is 62.7 Å². The van der Waals surface area contributed by atoms with E-state index < -0.39 is 12.0 Å². The van der Waals surface area contributed by atoms with E-state index in [1.165, 1.54) is 0 Å². The van der Waals surface area contributed by atoms with Crippen LogP contribution in [0.3, 0.4) is 0 Å². The number of hydrogen-bond acceptors (Lipinski definition) is 4. The van der Waals surface area contributed by atoms with Crippen LogP contribution in [0.15, 0.2) is 42.6 Å². The molecule has 5 nitrogen and oxygen atoms in total. The summed E-state index contributed by atoms with van der Waals surface area (Å²) in [4.78, 5) is 18.5. The normalized spacial score (nSPS) is 19.4. The fraction of sp³-hybridized carbons (Fsp3) is 0.400.